The standard InChI is InChI=1S/C18H16FIN4O2/c19-15-7-12(20)3-6-16(15)22-17-14(5-4-13-8-21-10-24(13)17)18(25)23-26-9-11-1-2-11/h3-8,10-11,22H,1-2,9H2,(H,23,25). The number of amides is 1. The summed E-state index contributed by atoms with van der Waals surface area (Å²) in [6.07, 6.45) is 5.51. The van der Waals surface area contributed by atoms with Crippen molar-refractivity contribution in [2.45, 2.75) is 12.8 Å². The highest BCUT2D eigenvalue weighted by Crippen LogP contribution is 2.29. The minimum atomic E-state index is -0.398. The van der Waals surface area contributed by atoms with Crippen LogP contribution in [0.4, 0.5) is 15.9 Å². The highest BCUT2D eigenvalue weighted by molar-refractivity contribution is 14.1. The Labute approximate surface area is 162 Å². The van der Waals surface area contributed by atoms with Crippen molar-refractivity contribution in [1.29, 1.82) is 0 Å². The van der Waals surface area contributed by atoms with E-state index in [1.165, 1.54) is 6.07 Å². The summed E-state index contributed by atoms with van der Waals surface area (Å²) in [5, 5.41) is 3.02. The Hall–Kier alpha value is -2.20. The molecule has 0 bridgehead atoms. The highest BCUT2D eigenvalue weighted by Gasteiger charge is 2.22. The SMILES string of the molecule is O=C(NOCC1CC1)c1ccc2cncn2c1Nc1ccc(I)cc1F. The first kappa shape index (κ1) is 17.2. The predicted octanol–water partition coefficient (Wildman–Crippen LogP) is 3.89. The van der Waals surface area contributed by atoms with Gasteiger partial charge < -0.3 is 5.32 Å². The summed E-state index contributed by atoms with van der Waals surface area (Å²) in [5.41, 5.74) is 3.87. The van der Waals surface area contributed by atoms with E-state index in [-0.39, 0.29) is 5.69 Å². The summed E-state index contributed by atoms with van der Waals surface area (Å²) in [4.78, 5) is 21.9. The maximum atomic E-state index is 14.3. The predicted molar refractivity (Wildman–Crippen MR) is 104 cm³/mol. The lowest BCUT2D eigenvalue weighted by atomic mass is 10.2. The molecule has 1 aliphatic carbocycles. The molecule has 6 nitrogen and oxygen atoms in total. The summed E-state index contributed by atoms with van der Waals surface area (Å²) >= 11 is 2.05. The van der Waals surface area contributed by atoms with Gasteiger partial charge in [0.1, 0.15) is 18.0 Å². The first-order chi connectivity index (χ1) is 12.6. The third-order valence-corrected chi connectivity index (χ3v) is 4.86. The van der Waals surface area contributed by atoms with Crippen molar-refractivity contribution in [3.63, 3.8) is 0 Å². The number of carbonyl (C=O) groups excluding carboxylic acids is 1. The first-order valence-electron chi connectivity index (χ1n) is 8.21. The Morgan fingerprint density at radius 2 is 2.19 bits per heavy atom. The molecule has 0 radical (unpaired) electrons. The smallest absolute Gasteiger partial charge is 0.278 e. The molecule has 1 fully saturated rings. The minimum absolute atomic E-state index is 0.277. The maximum Gasteiger partial charge on any atom is 0.278 e. The zero-order valence-electron chi connectivity index (χ0n) is 13.7. The lowest BCUT2D eigenvalue weighted by molar-refractivity contribution is 0.0270. The van der Waals surface area contributed by atoms with E-state index in [9.17, 15) is 9.18 Å². The van der Waals surface area contributed by atoms with Gasteiger partial charge in [-0.1, -0.05) is 0 Å². The van der Waals surface area contributed by atoms with E-state index in [4.69, 9.17) is 4.84 Å². The van der Waals surface area contributed by atoms with Gasteiger partial charge in [0, 0.05) is 3.57 Å². The van der Waals surface area contributed by atoms with Crippen molar-refractivity contribution in [2.75, 3.05) is 11.9 Å². The third kappa shape index (κ3) is 3.65. The molecule has 1 amide bonds. The minimum Gasteiger partial charge on any atom is -0.338 e. The molecule has 1 aromatic carbocycles. The number of benzene rings is 1. The molecule has 0 atom stereocenters. The number of anilines is 2. The zero-order valence-corrected chi connectivity index (χ0v) is 15.9. The monoisotopic (exact) mass is 466 g/mol. The van der Waals surface area contributed by atoms with Crippen LogP contribution in [-0.4, -0.2) is 21.9 Å². The first-order valence-corrected chi connectivity index (χ1v) is 9.29. The number of nitrogens with zero attached hydrogens (tertiary/aromatic N) is 2. The number of carbonyl (C=O) groups is 1. The molecule has 0 aliphatic heterocycles. The van der Waals surface area contributed by atoms with Crippen molar-refractivity contribution in [3.05, 3.63) is 57.8 Å². The number of imidazole rings is 1. The molecule has 1 aliphatic rings. The van der Waals surface area contributed by atoms with E-state index in [0.717, 1.165) is 21.9 Å². The Balaban J connectivity index is 1.65. The van der Waals surface area contributed by atoms with Gasteiger partial charge in [-0.05, 0) is 71.7 Å². The topological polar surface area (TPSA) is 67.7 Å². The molecule has 26 heavy (non-hydrogen) atoms. The largest absolute Gasteiger partial charge is 0.338 e. The molecule has 2 heterocycles. The Morgan fingerprint density at radius 1 is 1.35 bits per heavy atom. The second-order valence-electron chi connectivity index (χ2n) is 6.22. The number of fused-ring (bicyclic) bond motifs is 1. The molecule has 2 aromatic heterocycles. The maximum absolute atomic E-state index is 14.3. The molecule has 0 unspecified atom stereocenters. The van der Waals surface area contributed by atoms with Crippen molar-refractivity contribution < 1.29 is 14.0 Å². The van der Waals surface area contributed by atoms with Crippen molar-refractivity contribution in [3.8, 4) is 0 Å². The molecule has 1 saturated carbocycles. The van der Waals surface area contributed by atoms with Gasteiger partial charge in [-0.3, -0.25) is 14.0 Å². The van der Waals surface area contributed by atoms with E-state index in [2.05, 4.69) is 15.8 Å². The molecule has 2 N–H and O–H groups in total. The summed E-state index contributed by atoms with van der Waals surface area (Å²) in [5.74, 6) is 0.164. The van der Waals surface area contributed by atoms with Gasteiger partial charge in [-0.2, -0.15) is 0 Å². The van der Waals surface area contributed by atoms with Gasteiger partial charge in [0.2, 0.25) is 0 Å². The molecule has 3 aromatic rings. The highest BCUT2D eigenvalue weighted by atomic mass is 127. The van der Waals surface area contributed by atoms with Crippen LogP contribution in [0.1, 0.15) is 23.2 Å². The molecular weight excluding hydrogens is 450 g/mol. The second-order valence-corrected chi connectivity index (χ2v) is 7.46. The summed E-state index contributed by atoms with van der Waals surface area (Å²) in [6, 6.07) is 8.30. The van der Waals surface area contributed by atoms with Crippen molar-refractivity contribution in [1.82, 2.24) is 14.9 Å². The van der Waals surface area contributed by atoms with Crippen LogP contribution in [0.25, 0.3) is 5.52 Å². The van der Waals surface area contributed by atoms with Crippen LogP contribution >= 0.6 is 22.6 Å². The van der Waals surface area contributed by atoms with Gasteiger partial charge in [0.05, 0.1) is 29.6 Å². The Bertz CT molecular complexity index is 971. The van der Waals surface area contributed by atoms with Gasteiger partial charge in [-0.15, -0.1) is 0 Å². The molecule has 0 spiro atoms. The van der Waals surface area contributed by atoms with Crippen LogP contribution in [-0.2, 0) is 4.84 Å². The number of nitrogens with one attached hydrogen (secondary N) is 2. The zero-order chi connectivity index (χ0) is 18.1. The summed E-state index contributed by atoms with van der Waals surface area (Å²) < 4.78 is 16.8. The van der Waals surface area contributed by atoms with Crippen molar-refractivity contribution in [2.24, 2.45) is 5.92 Å². The van der Waals surface area contributed by atoms with E-state index < -0.39 is 11.7 Å². The Kier molecular flexibility index (Phi) is 4.77. The quantitative estimate of drug-likeness (QED) is 0.428. The average Bonchev–Trinajstić information content (AvgIpc) is 3.31. The van der Waals surface area contributed by atoms with Gasteiger partial charge in [0.25, 0.3) is 5.91 Å². The van der Waals surface area contributed by atoms with Gasteiger partial charge in [0.15, 0.2) is 0 Å². The number of rotatable bonds is 6. The van der Waals surface area contributed by atoms with Gasteiger partial charge in [-0.25, -0.2) is 14.9 Å². The molecular formula is C18H16FIN4O2. The molecule has 0 saturated heterocycles. The number of hydrogen-bond acceptors (Lipinski definition) is 4. The number of aromatic nitrogens is 2. The fourth-order valence-corrected chi connectivity index (χ4v) is 3.04. The average molecular weight is 466 g/mol. The van der Waals surface area contributed by atoms with Crippen LogP contribution in [0, 0.1) is 15.3 Å². The Morgan fingerprint density at radius 3 is 2.96 bits per heavy atom. The van der Waals surface area contributed by atoms with Crippen LogP contribution < -0.4 is 10.8 Å². The fraction of sp³-hybridized carbons (Fsp3) is 0.222. The third-order valence-electron chi connectivity index (χ3n) is 4.19. The number of hydrogen-bond donors (Lipinski definition) is 2. The van der Waals surface area contributed by atoms with E-state index in [1.807, 2.05) is 22.6 Å². The summed E-state index contributed by atoms with van der Waals surface area (Å²) in [7, 11) is 0. The second kappa shape index (κ2) is 7.20. The summed E-state index contributed by atoms with van der Waals surface area (Å²) in [6.45, 7) is 0.508. The van der Waals surface area contributed by atoms with Gasteiger partial charge >= 0.3 is 0 Å². The van der Waals surface area contributed by atoms with Crippen LogP contribution in [0.3, 0.4) is 0 Å². The number of hydroxylamine groups is 1. The van der Waals surface area contributed by atoms with Crippen LogP contribution in [0.2, 0.25) is 0 Å². The normalized spacial score (nSPS) is 13.8. The molecule has 134 valence electrons. The van der Waals surface area contributed by atoms with E-state index in [1.54, 1.807) is 41.2 Å². The number of pyridine rings is 1. The van der Waals surface area contributed by atoms with E-state index in [0.29, 0.717) is 23.9 Å². The van der Waals surface area contributed by atoms with Crippen LogP contribution in [0.15, 0.2) is 42.9 Å². The fourth-order valence-electron chi connectivity index (χ4n) is 2.59. The molecule has 8 heteroatoms. The molecule has 4 rings (SSSR count). The lowest BCUT2D eigenvalue weighted by Crippen LogP contribution is -2.26. The lowest BCUT2D eigenvalue weighted by Gasteiger charge is -2.15. The van der Waals surface area contributed by atoms with E-state index >= 15 is 0 Å². The van der Waals surface area contributed by atoms with Crippen LogP contribution in [0.5, 0.6) is 0 Å². The number of halogens is 2. The van der Waals surface area contributed by atoms with Crippen molar-refractivity contribution >= 4 is 45.5 Å².